The van der Waals surface area contributed by atoms with Crippen LogP contribution in [0.1, 0.15) is 34.9 Å². The number of anilines is 5. The van der Waals surface area contributed by atoms with E-state index in [0.29, 0.717) is 29.1 Å². The molecule has 4 heterocycles. The SMILES string of the molecule is Cc1nc(Nc2cnn(C3CCNCC3)c2)nc2c1N(C)C(=O)c1ccccc1N2C. The molecular formula is C22H26N8O. The van der Waals surface area contributed by atoms with E-state index < -0.39 is 0 Å². The van der Waals surface area contributed by atoms with E-state index in [2.05, 4.69) is 20.7 Å². The van der Waals surface area contributed by atoms with Gasteiger partial charge >= 0.3 is 0 Å². The normalized spacial score (nSPS) is 16.7. The van der Waals surface area contributed by atoms with Gasteiger partial charge in [-0.05, 0) is 45.0 Å². The first-order valence-electron chi connectivity index (χ1n) is 10.5. The summed E-state index contributed by atoms with van der Waals surface area (Å²) in [6.07, 6.45) is 5.95. The van der Waals surface area contributed by atoms with Gasteiger partial charge in [-0.3, -0.25) is 9.48 Å². The third-order valence-corrected chi connectivity index (χ3v) is 6.03. The maximum absolute atomic E-state index is 13.0. The zero-order valence-electron chi connectivity index (χ0n) is 18.0. The molecule has 1 amide bonds. The lowest BCUT2D eigenvalue weighted by atomic mass is 10.1. The molecule has 0 spiro atoms. The summed E-state index contributed by atoms with van der Waals surface area (Å²) in [5.41, 5.74) is 3.75. The first-order chi connectivity index (χ1) is 15.0. The Hall–Kier alpha value is -3.46. The van der Waals surface area contributed by atoms with Gasteiger partial charge in [0.25, 0.3) is 5.91 Å². The van der Waals surface area contributed by atoms with Crippen molar-refractivity contribution in [3.05, 3.63) is 47.9 Å². The van der Waals surface area contributed by atoms with E-state index in [4.69, 9.17) is 4.98 Å². The Bertz CT molecular complexity index is 1130. The number of nitrogens with zero attached hydrogens (tertiary/aromatic N) is 6. The average Bonchev–Trinajstić information content (AvgIpc) is 3.23. The second-order valence-corrected chi connectivity index (χ2v) is 8.06. The Balaban J connectivity index is 1.49. The number of nitrogens with one attached hydrogen (secondary N) is 2. The number of carbonyl (C=O) groups excluding carboxylic acids is 1. The predicted molar refractivity (Wildman–Crippen MR) is 121 cm³/mol. The van der Waals surface area contributed by atoms with Gasteiger partial charge in [-0.15, -0.1) is 0 Å². The second kappa shape index (κ2) is 7.66. The third-order valence-electron chi connectivity index (χ3n) is 6.03. The quantitative estimate of drug-likeness (QED) is 0.676. The number of hydrogen-bond donors (Lipinski definition) is 2. The van der Waals surface area contributed by atoms with Gasteiger partial charge in [0.2, 0.25) is 5.95 Å². The number of hydrogen-bond acceptors (Lipinski definition) is 7. The first-order valence-corrected chi connectivity index (χ1v) is 10.5. The Morgan fingerprint density at radius 3 is 2.68 bits per heavy atom. The standard InChI is InChI=1S/C22H26N8O/c1-14-19-20(28(2)18-7-5-4-6-17(18)21(31)29(19)3)27-22(25-14)26-15-12-24-30(13-15)16-8-10-23-11-9-16/h4-7,12-13,16,23H,8-11H2,1-3H3,(H,25,26,27). The highest BCUT2D eigenvalue weighted by molar-refractivity contribution is 6.13. The highest BCUT2D eigenvalue weighted by atomic mass is 16.2. The number of aromatic nitrogens is 4. The highest BCUT2D eigenvalue weighted by Crippen LogP contribution is 2.39. The van der Waals surface area contributed by atoms with Crippen LogP contribution in [0, 0.1) is 6.92 Å². The molecule has 1 saturated heterocycles. The minimum absolute atomic E-state index is 0.0724. The number of piperidine rings is 1. The fourth-order valence-corrected chi connectivity index (χ4v) is 4.38. The van der Waals surface area contributed by atoms with Gasteiger partial charge in [-0.2, -0.15) is 10.1 Å². The molecule has 5 rings (SSSR count). The molecule has 31 heavy (non-hydrogen) atoms. The summed E-state index contributed by atoms with van der Waals surface area (Å²) in [7, 11) is 3.69. The topological polar surface area (TPSA) is 91.2 Å². The van der Waals surface area contributed by atoms with Crippen LogP contribution in [0.3, 0.4) is 0 Å². The molecule has 3 aromatic rings. The van der Waals surface area contributed by atoms with E-state index in [1.165, 1.54) is 0 Å². The lowest BCUT2D eigenvalue weighted by molar-refractivity contribution is 0.0994. The van der Waals surface area contributed by atoms with Crippen LogP contribution in [0.25, 0.3) is 0 Å². The van der Waals surface area contributed by atoms with Crippen LogP contribution in [0.2, 0.25) is 0 Å². The fraction of sp³-hybridized carbons (Fsp3) is 0.364. The van der Waals surface area contributed by atoms with Gasteiger partial charge in [0.05, 0.1) is 34.9 Å². The molecule has 2 aromatic heterocycles. The summed E-state index contributed by atoms with van der Waals surface area (Å²) in [5, 5.41) is 11.2. The van der Waals surface area contributed by atoms with Crippen molar-refractivity contribution < 1.29 is 4.79 Å². The predicted octanol–water partition coefficient (Wildman–Crippen LogP) is 3.01. The molecule has 0 radical (unpaired) electrons. The Kier molecular flexibility index (Phi) is 4.82. The Labute approximate surface area is 181 Å². The number of para-hydroxylation sites is 1. The van der Waals surface area contributed by atoms with Crippen LogP contribution in [0.4, 0.5) is 28.8 Å². The molecule has 0 saturated carbocycles. The van der Waals surface area contributed by atoms with Crippen molar-refractivity contribution in [1.82, 2.24) is 25.1 Å². The molecule has 2 aliphatic rings. The molecule has 9 heteroatoms. The van der Waals surface area contributed by atoms with Gasteiger partial charge in [0.15, 0.2) is 5.82 Å². The van der Waals surface area contributed by atoms with Gasteiger partial charge in [-0.25, -0.2) is 4.98 Å². The lowest BCUT2D eigenvalue weighted by Gasteiger charge is -2.23. The number of carbonyl (C=O) groups is 1. The summed E-state index contributed by atoms with van der Waals surface area (Å²) in [4.78, 5) is 26.0. The molecule has 0 atom stereocenters. The number of fused-ring (bicyclic) bond motifs is 2. The summed E-state index contributed by atoms with van der Waals surface area (Å²) < 4.78 is 2.02. The van der Waals surface area contributed by atoms with Crippen LogP contribution in [-0.4, -0.2) is 52.8 Å². The Morgan fingerprint density at radius 1 is 1.10 bits per heavy atom. The molecule has 1 aromatic carbocycles. The van der Waals surface area contributed by atoms with Crippen molar-refractivity contribution in [3.8, 4) is 0 Å². The Morgan fingerprint density at radius 2 is 1.87 bits per heavy atom. The van der Waals surface area contributed by atoms with Crippen LogP contribution in [0.5, 0.6) is 0 Å². The molecule has 160 valence electrons. The van der Waals surface area contributed by atoms with Crippen LogP contribution in [-0.2, 0) is 0 Å². The van der Waals surface area contributed by atoms with Crippen molar-refractivity contribution in [3.63, 3.8) is 0 Å². The zero-order chi connectivity index (χ0) is 21.5. The zero-order valence-corrected chi connectivity index (χ0v) is 18.0. The molecule has 1 fully saturated rings. The average molecular weight is 419 g/mol. The number of benzene rings is 1. The number of rotatable bonds is 3. The first kappa shape index (κ1) is 19.5. The van der Waals surface area contributed by atoms with Crippen molar-refractivity contribution in [2.75, 3.05) is 42.3 Å². The van der Waals surface area contributed by atoms with E-state index in [1.807, 2.05) is 54.0 Å². The highest BCUT2D eigenvalue weighted by Gasteiger charge is 2.30. The second-order valence-electron chi connectivity index (χ2n) is 8.06. The molecule has 2 aliphatic heterocycles. The molecule has 0 bridgehead atoms. The number of amides is 1. The molecule has 9 nitrogen and oxygen atoms in total. The van der Waals surface area contributed by atoms with Crippen LogP contribution < -0.4 is 20.4 Å². The summed E-state index contributed by atoms with van der Waals surface area (Å²) in [5.74, 6) is 1.09. The van der Waals surface area contributed by atoms with Gasteiger partial charge in [0.1, 0.15) is 5.69 Å². The van der Waals surface area contributed by atoms with E-state index in [9.17, 15) is 4.79 Å². The van der Waals surface area contributed by atoms with E-state index in [-0.39, 0.29) is 5.91 Å². The summed E-state index contributed by atoms with van der Waals surface area (Å²) >= 11 is 0. The van der Waals surface area contributed by atoms with Gasteiger partial charge in [-0.1, -0.05) is 12.1 Å². The molecule has 2 N–H and O–H groups in total. The number of aryl methyl sites for hydroxylation is 1. The van der Waals surface area contributed by atoms with Crippen molar-refractivity contribution in [2.45, 2.75) is 25.8 Å². The monoisotopic (exact) mass is 418 g/mol. The smallest absolute Gasteiger partial charge is 0.260 e. The van der Waals surface area contributed by atoms with E-state index in [1.54, 1.807) is 18.1 Å². The lowest BCUT2D eigenvalue weighted by Crippen LogP contribution is -2.29. The minimum Gasteiger partial charge on any atom is -0.327 e. The third kappa shape index (κ3) is 3.40. The maximum atomic E-state index is 13.0. The largest absolute Gasteiger partial charge is 0.327 e. The van der Waals surface area contributed by atoms with Crippen molar-refractivity contribution >= 4 is 34.7 Å². The summed E-state index contributed by atoms with van der Waals surface area (Å²) in [6.45, 7) is 3.93. The van der Waals surface area contributed by atoms with Crippen molar-refractivity contribution in [2.24, 2.45) is 0 Å². The molecule has 0 unspecified atom stereocenters. The molecular weight excluding hydrogens is 392 g/mol. The van der Waals surface area contributed by atoms with Crippen molar-refractivity contribution in [1.29, 1.82) is 0 Å². The van der Waals surface area contributed by atoms with E-state index >= 15 is 0 Å². The van der Waals surface area contributed by atoms with Crippen LogP contribution >= 0.6 is 0 Å². The van der Waals surface area contributed by atoms with Gasteiger partial charge in [0, 0.05) is 20.3 Å². The van der Waals surface area contributed by atoms with Crippen LogP contribution in [0.15, 0.2) is 36.7 Å². The fourth-order valence-electron chi connectivity index (χ4n) is 4.38. The van der Waals surface area contributed by atoms with Gasteiger partial charge < -0.3 is 20.4 Å². The van der Waals surface area contributed by atoms with E-state index in [0.717, 1.165) is 43.0 Å². The summed E-state index contributed by atoms with van der Waals surface area (Å²) in [6, 6.07) is 7.99. The molecule has 0 aliphatic carbocycles. The maximum Gasteiger partial charge on any atom is 0.260 e. The minimum atomic E-state index is -0.0724.